The summed E-state index contributed by atoms with van der Waals surface area (Å²) in [4.78, 5) is 10.9. The maximum atomic E-state index is 11.9. The van der Waals surface area contributed by atoms with E-state index in [-0.39, 0.29) is 11.9 Å². The molecular weight excluding hydrogens is 203 g/mol. The number of Topliss-reactive ketones (excluding diaryl/α,β-unsaturated/α-hetero) is 1. The number of rotatable bonds is 8. The van der Waals surface area contributed by atoms with Crippen LogP contribution < -0.4 is 0 Å². The first kappa shape index (κ1) is 13.8. The Morgan fingerprint density at radius 3 is 1.86 bits per heavy atom. The fraction of sp³-hybridized carbons (Fsp3) is 0.889. The second-order valence-corrected chi connectivity index (χ2v) is 5.19. The van der Waals surface area contributed by atoms with Gasteiger partial charge < -0.3 is 9.05 Å². The highest BCUT2D eigenvalue weighted by Crippen LogP contribution is 2.48. The van der Waals surface area contributed by atoms with Crippen LogP contribution in [0.4, 0.5) is 0 Å². The van der Waals surface area contributed by atoms with Crippen molar-refractivity contribution in [2.75, 3.05) is 19.4 Å². The smallest absolute Gasteiger partial charge is 0.308 e. The predicted molar refractivity (Wildman–Crippen MR) is 55.6 cm³/mol. The van der Waals surface area contributed by atoms with E-state index in [0.29, 0.717) is 13.2 Å². The van der Waals surface area contributed by atoms with E-state index in [0.717, 1.165) is 12.8 Å². The Hall–Kier alpha value is -0.180. The molecule has 0 aromatic rings. The summed E-state index contributed by atoms with van der Waals surface area (Å²) >= 11 is 0. The molecule has 0 amide bonds. The van der Waals surface area contributed by atoms with E-state index in [9.17, 15) is 9.36 Å². The van der Waals surface area contributed by atoms with Crippen molar-refractivity contribution >= 4 is 13.4 Å². The van der Waals surface area contributed by atoms with E-state index in [2.05, 4.69) is 0 Å². The molecule has 0 aliphatic heterocycles. The maximum Gasteiger partial charge on any atom is 0.338 e. The van der Waals surface area contributed by atoms with Gasteiger partial charge in [0.25, 0.3) is 0 Å². The van der Waals surface area contributed by atoms with Gasteiger partial charge in [0, 0.05) is 0 Å². The van der Waals surface area contributed by atoms with Crippen molar-refractivity contribution in [2.24, 2.45) is 0 Å². The van der Waals surface area contributed by atoms with Gasteiger partial charge in [-0.25, -0.2) is 0 Å². The highest BCUT2D eigenvalue weighted by Gasteiger charge is 2.25. The van der Waals surface area contributed by atoms with Crippen LogP contribution in [0, 0.1) is 0 Å². The third-order valence-electron chi connectivity index (χ3n) is 1.40. The van der Waals surface area contributed by atoms with Crippen LogP contribution in [0.25, 0.3) is 0 Å². The van der Waals surface area contributed by atoms with E-state index >= 15 is 0 Å². The lowest BCUT2D eigenvalue weighted by atomic mass is 10.5. The lowest BCUT2D eigenvalue weighted by molar-refractivity contribution is -0.114. The van der Waals surface area contributed by atoms with E-state index in [1.165, 1.54) is 6.92 Å². The van der Waals surface area contributed by atoms with Gasteiger partial charge in [-0.2, -0.15) is 0 Å². The van der Waals surface area contributed by atoms with Crippen LogP contribution in [-0.2, 0) is 18.4 Å². The molecule has 0 rings (SSSR count). The van der Waals surface area contributed by atoms with Gasteiger partial charge in [0.1, 0.15) is 11.9 Å². The third kappa shape index (κ3) is 6.30. The van der Waals surface area contributed by atoms with Crippen LogP contribution >= 0.6 is 7.60 Å². The van der Waals surface area contributed by atoms with Crippen LogP contribution in [0.5, 0.6) is 0 Å². The Balaban J connectivity index is 4.18. The summed E-state index contributed by atoms with van der Waals surface area (Å²) in [5, 5.41) is 0. The van der Waals surface area contributed by atoms with Gasteiger partial charge in [0.2, 0.25) is 0 Å². The third-order valence-corrected chi connectivity index (χ3v) is 3.39. The van der Waals surface area contributed by atoms with Crippen molar-refractivity contribution in [1.29, 1.82) is 0 Å². The molecule has 0 fully saturated rings. The predicted octanol–water partition coefficient (Wildman–Crippen LogP) is 2.62. The molecule has 0 aliphatic rings. The summed E-state index contributed by atoms with van der Waals surface area (Å²) in [7, 11) is -3.16. The lowest BCUT2D eigenvalue weighted by Gasteiger charge is -2.16. The Morgan fingerprint density at radius 2 is 1.57 bits per heavy atom. The normalized spacial score (nSPS) is 11.6. The molecular formula is C9H19O4P. The van der Waals surface area contributed by atoms with E-state index in [4.69, 9.17) is 9.05 Å². The Bertz CT molecular complexity index is 203. The fourth-order valence-electron chi connectivity index (χ4n) is 0.862. The van der Waals surface area contributed by atoms with Crippen molar-refractivity contribution in [3.05, 3.63) is 0 Å². The summed E-state index contributed by atoms with van der Waals surface area (Å²) in [5.41, 5.74) is 0. The van der Waals surface area contributed by atoms with Crippen molar-refractivity contribution in [3.63, 3.8) is 0 Å². The van der Waals surface area contributed by atoms with Crippen molar-refractivity contribution < 1.29 is 18.4 Å². The van der Waals surface area contributed by atoms with Crippen LogP contribution in [0.3, 0.4) is 0 Å². The molecule has 0 saturated heterocycles. The van der Waals surface area contributed by atoms with Gasteiger partial charge in [0.15, 0.2) is 0 Å². The zero-order valence-electron chi connectivity index (χ0n) is 9.12. The fourth-order valence-corrected chi connectivity index (χ4v) is 2.59. The number of hydrogen-bond acceptors (Lipinski definition) is 4. The van der Waals surface area contributed by atoms with Gasteiger partial charge in [-0.05, 0) is 19.8 Å². The lowest BCUT2D eigenvalue weighted by Crippen LogP contribution is -2.07. The molecule has 0 radical (unpaired) electrons. The second-order valence-electron chi connectivity index (χ2n) is 3.14. The molecule has 84 valence electrons. The van der Waals surface area contributed by atoms with E-state index in [1.54, 1.807) is 0 Å². The molecule has 5 heteroatoms. The van der Waals surface area contributed by atoms with E-state index in [1.807, 2.05) is 13.8 Å². The van der Waals surface area contributed by atoms with Gasteiger partial charge >= 0.3 is 7.60 Å². The number of carbonyl (C=O) groups is 1. The molecule has 0 N–H and O–H groups in total. The standard InChI is InChI=1S/C9H19O4P/c1-4-6-12-14(11,8-9(3)10)13-7-5-2/h4-8H2,1-3H3. The highest BCUT2D eigenvalue weighted by molar-refractivity contribution is 7.54. The molecule has 14 heavy (non-hydrogen) atoms. The minimum atomic E-state index is -3.16. The number of ketones is 1. The summed E-state index contributed by atoms with van der Waals surface area (Å²) < 4.78 is 22.1. The molecule has 0 heterocycles. The molecule has 0 spiro atoms. The average molecular weight is 222 g/mol. The van der Waals surface area contributed by atoms with Crippen molar-refractivity contribution in [1.82, 2.24) is 0 Å². The van der Waals surface area contributed by atoms with Gasteiger partial charge in [-0.3, -0.25) is 9.36 Å². The van der Waals surface area contributed by atoms with E-state index < -0.39 is 7.60 Å². The topological polar surface area (TPSA) is 52.6 Å². The Morgan fingerprint density at radius 1 is 1.14 bits per heavy atom. The van der Waals surface area contributed by atoms with Gasteiger partial charge in [-0.1, -0.05) is 13.8 Å². The van der Waals surface area contributed by atoms with Crippen LogP contribution in [-0.4, -0.2) is 25.2 Å². The Labute approximate surface area is 85.5 Å². The first-order valence-electron chi connectivity index (χ1n) is 4.91. The van der Waals surface area contributed by atoms with Gasteiger partial charge in [-0.15, -0.1) is 0 Å². The number of carbonyl (C=O) groups excluding carboxylic acids is 1. The molecule has 0 aliphatic carbocycles. The maximum absolute atomic E-state index is 11.9. The van der Waals surface area contributed by atoms with Crippen LogP contribution in [0.1, 0.15) is 33.6 Å². The molecule has 0 aromatic carbocycles. The quantitative estimate of drug-likeness (QED) is 0.592. The zero-order chi connectivity index (χ0) is 11.0. The highest BCUT2D eigenvalue weighted by atomic mass is 31.2. The van der Waals surface area contributed by atoms with Crippen molar-refractivity contribution in [2.45, 2.75) is 33.6 Å². The molecule has 0 bridgehead atoms. The minimum Gasteiger partial charge on any atom is -0.308 e. The molecule has 0 aromatic heterocycles. The number of hydrogen-bond donors (Lipinski definition) is 0. The van der Waals surface area contributed by atoms with Gasteiger partial charge in [0.05, 0.1) is 13.2 Å². The average Bonchev–Trinajstić information content (AvgIpc) is 2.11. The largest absolute Gasteiger partial charge is 0.338 e. The van der Waals surface area contributed by atoms with Crippen LogP contribution in [0.2, 0.25) is 0 Å². The van der Waals surface area contributed by atoms with Crippen LogP contribution in [0.15, 0.2) is 0 Å². The Kier molecular flexibility index (Phi) is 7.06. The summed E-state index contributed by atoms with van der Waals surface area (Å²) in [6.45, 7) is 5.95. The first-order chi connectivity index (χ1) is 6.54. The molecule has 0 atom stereocenters. The monoisotopic (exact) mass is 222 g/mol. The molecule has 4 nitrogen and oxygen atoms in total. The molecule has 0 unspecified atom stereocenters. The summed E-state index contributed by atoms with van der Waals surface area (Å²) in [5.74, 6) is -0.166. The second kappa shape index (κ2) is 7.16. The van der Waals surface area contributed by atoms with Crippen molar-refractivity contribution in [3.8, 4) is 0 Å². The SMILES string of the molecule is CCCOP(=O)(CC(C)=O)OCCC. The summed E-state index contributed by atoms with van der Waals surface area (Å²) in [6.07, 6.45) is 1.40. The first-order valence-corrected chi connectivity index (χ1v) is 6.64. The molecule has 0 saturated carbocycles. The minimum absolute atomic E-state index is 0.118. The zero-order valence-corrected chi connectivity index (χ0v) is 10.0. The summed E-state index contributed by atoms with van der Waals surface area (Å²) in [6, 6.07) is 0.